The van der Waals surface area contributed by atoms with Crippen LogP contribution in [0.1, 0.15) is 13.3 Å². The summed E-state index contributed by atoms with van der Waals surface area (Å²) in [4.78, 5) is 12.3. The van der Waals surface area contributed by atoms with Crippen molar-refractivity contribution in [2.45, 2.75) is 13.3 Å². The fourth-order valence-corrected chi connectivity index (χ4v) is 0.900. The molecule has 0 spiro atoms. The Morgan fingerprint density at radius 1 is 1.55 bits per heavy atom. The van der Waals surface area contributed by atoms with E-state index in [1.807, 2.05) is 11.8 Å². The molecule has 0 unspecified atom stereocenters. The van der Waals surface area contributed by atoms with Crippen LogP contribution in [0.2, 0.25) is 0 Å². The van der Waals surface area contributed by atoms with Crippen molar-refractivity contribution >= 4 is 16.8 Å². The number of carbonyl (C=O) groups is 1. The van der Waals surface area contributed by atoms with E-state index < -0.39 is 0 Å². The lowest BCUT2D eigenvalue weighted by atomic mass is 10.4. The van der Waals surface area contributed by atoms with E-state index in [2.05, 4.69) is 0 Å². The third kappa shape index (κ3) is 6.28. The molecule has 3 nitrogen and oxygen atoms in total. The molecule has 0 fully saturated rings. The van der Waals surface area contributed by atoms with Gasteiger partial charge in [0.15, 0.2) is 0 Å². The predicted octanol–water partition coefficient (Wildman–Crippen LogP) is 0.456. The fourth-order valence-electron chi connectivity index (χ4n) is 0.815. The Kier molecular flexibility index (Phi) is 6.51. The largest absolute Gasteiger partial charge is 0.395 e. The molecule has 0 aliphatic heterocycles. The maximum absolute atomic E-state index is 10.3. The first-order valence-corrected chi connectivity index (χ1v) is 4.10. The molecule has 0 radical (unpaired) electrons. The van der Waals surface area contributed by atoms with E-state index in [1.165, 1.54) is 0 Å². The molecule has 4 heteroatoms. The fraction of sp³-hybridized carbons (Fsp3) is 0.857. The predicted molar refractivity (Wildman–Crippen MR) is 44.7 cm³/mol. The van der Waals surface area contributed by atoms with E-state index in [0.717, 1.165) is 6.54 Å². The smallest absolute Gasteiger partial charge is 0.222 e. The highest BCUT2D eigenvalue weighted by Crippen LogP contribution is 1.93. The van der Waals surface area contributed by atoms with Crippen molar-refractivity contribution in [3.05, 3.63) is 0 Å². The quantitative estimate of drug-likeness (QED) is 0.603. The van der Waals surface area contributed by atoms with Gasteiger partial charge in [0.1, 0.15) is 0 Å². The van der Waals surface area contributed by atoms with Gasteiger partial charge in [-0.2, -0.15) is 0 Å². The lowest BCUT2D eigenvalue weighted by Gasteiger charge is -2.17. The lowest BCUT2D eigenvalue weighted by Crippen LogP contribution is -2.28. The van der Waals surface area contributed by atoms with E-state index in [4.69, 9.17) is 16.7 Å². The molecule has 0 aromatic rings. The Hall–Kier alpha value is -0.120. The summed E-state index contributed by atoms with van der Waals surface area (Å²) in [7, 11) is 0. The standard InChI is InChI=1S/C7H14ClNO2/c1-2-9(5-6-10)4-3-7(8)11/h10H,2-6H2,1H3. The molecule has 0 heterocycles. The molecule has 0 aliphatic carbocycles. The number of hydrogen-bond acceptors (Lipinski definition) is 3. The average Bonchev–Trinajstić information content (AvgIpc) is 1.97. The number of likely N-dealkylation sites (N-methyl/N-ethyl adjacent to an activating group) is 1. The summed E-state index contributed by atoms with van der Waals surface area (Å²) < 4.78 is 0. The molecule has 0 aliphatic rings. The molecule has 0 bridgehead atoms. The van der Waals surface area contributed by atoms with E-state index in [9.17, 15) is 4.79 Å². The van der Waals surface area contributed by atoms with Crippen molar-refractivity contribution in [1.29, 1.82) is 0 Å². The molecule has 0 aromatic carbocycles. The minimum atomic E-state index is -0.318. The van der Waals surface area contributed by atoms with E-state index >= 15 is 0 Å². The molecule has 0 aromatic heterocycles. The van der Waals surface area contributed by atoms with Gasteiger partial charge >= 0.3 is 0 Å². The SMILES string of the molecule is CCN(CCO)CCC(=O)Cl. The third-order valence-corrected chi connectivity index (χ3v) is 1.68. The van der Waals surface area contributed by atoms with Gasteiger partial charge in [-0.3, -0.25) is 4.79 Å². The number of aliphatic hydroxyl groups is 1. The van der Waals surface area contributed by atoms with Gasteiger partial charge in [-0.1, -0.05) is 6.92 Å². The number of halogens is 1. The summed E-state index contributed by atoms with van der Waals surface area (Å²) in [5.74, 6) is 0. The second-order valence-corrected chi connectivity index (χ2v) is 2.68. The minimum Gasteiger partial charge on any atom is -0.395 e. The molecule has 66 valence electrons. The van der Waals surface area contributed by atoms with Crippen LogP contribution in [-0.4, -0.2) is 41.5 Å². The van der Waals surface area contributed by atoms with Crippen LogP contribution in [0.4, 0.5) is 0 Å². The summed E-state index contributed by atoms with van der Waals surface area (Å²) in [5, 5.41) is 8.26. The second-order valence-electron chi connectivity index (χ2n) is 2.26. The Balaban J connectivity index is 3.43. The number of carbonyl (C=O) groups excluding carboxylic acids is 1. The van der Waals surface area contributed by atoms with Gasteiger partial charge in [0, 0.05) is 19.5 Å². The zero-order chi connectivity index (χ0) is 8.69. The first-order valence-electron chi connectivity index (χ1n) is 3.72. The normalized spacial score (nSPS) is 10.5. The number of aliphatic hydroxyl groups excluding tert-OH is 1. The van der Waals surface area contributed by atoms with E-state index in [-0.39, 0.29) is 11.8 Å². The Morgan fingerprint density at radius 3 is 2.55 bits per heavy atom. The van der Waals surface area contributed by atoms with Crippen LogP contribution in [-0.2, 0) is 4.79 Å². The average molecular weight is 180 g/mol. The molecular formula is C7H14ClNO2. The molecule has 0 amide bonds. The first kappa shape index (κ1) is 10.9. The molecule has 0 atom stereocenters. The van der Waals surface area contributed by atoms with Crippen LogP contribution >= 0.6 is 11.6 Å². The zero-order valence-corrected chi connectivity index (χ0v) is 7.47. The summed E-state index contributed by atoms with van der Waals surface area (Å²) in [6.07, 6.45) is 0.357. The third-order valence-electron chi connectivity index (χ3n) is 1.49. The van der Waals surface area contributed by atoms with Crippen molar-refractivity contribution in [3.63, 3.8) is 0 Å². The molecular weight excluding hydrogens is 166 g/mol. The van der Waals surface area contributed by atoms with Crippen LogP contribution in [0.15, 0.2) is 0 Å². The molecule has 11 heavy (non-hydrogen) atoms. The van der Waals surface area contributed by atoms with Crippen molar-refractivity contribution in [2.24, 2.45) is 0 Å². The topological polar surface area (TPSA) is 40.5 Å². The van der Waals surface area contributed by atoms with Crippen LogP contribution in [0, 0.1) is 0 Å². The molecule has 1 N–H and O–H groups in total. The van der Waals surface area contributed by atoms with Gasteiger partial charge in [-0.05, 0) is 18.1 Å². The van der Waals surface area contributed by atoms with Gasteiger partial charge < -0.3 is 10.0 Å². The minimum absolute atomic E-state index is 0.129. The number of hydrogen-bond donors (Lipinski definition) is 1. The van der Waals surface area contributed by atoms with E-state index in [0.29, 0.717) is 19.5 Å². The van der Waals surface area contributed by atoms with Gasteiger partial charge in [0.2, 0.25) is 5.24 Å². The summed E-state index contributed by atoms with van der Waals surface area (Å²) >= 11 is 5.15. The molecule has 0 saturated heterocycles. The highest BCUT2D eigenvalue weighted by atomic mass is 35.5. The number of rotatable bonds is 6. The van der Waals surface area contributed by atoms with Gasteiger partial charge in [-0.25, -0.2) is 0 Å². The maximum atomic E-state index is 10.3. The maximum Gasteiger partial charge on any atom is 0.222 e. The zero-order valence-electron chi connectivity index (χ0n) is 6.72. The summed E-state index contributed by atoms with van der Waals surface area (Å²) in [6.45, 7) is 4.20. The Morgan fingerprint density at radius 2 is 2.18 bits per heavy atom. The van der Waals surface area contributed by atoms with Crippen molar-refractivity contribution in [1.82, 2.24) is 4.90 Å². The Bertz CT molecular complexity index is 119. The van der Waals surface area contributed by atoms with Crippen LogP contribution in [0.5, 0.6) is 0 Å². The van der Waals surface area contributed by atoms with E-state index in [1.54, 1.807) is 0 Å². The van der Waals surface area contributed by atoms with Gasteiger partial charge in [-0.15, -0.1) is 0 Å². The van der Waals surface area contributed by atoms with Gasteiger partial charge in [0.05, 0.1) is 6.61 Å². The monoisotopic (exact) mass is 179 g/mol. The lowest BCUT2D eigenvalue weighted by molar-refractivity contribution is -0.112. The Labute approximate surface area is 71.9 Å². The highest BCUT2D eigenvalue weighted by Gasteiger charge is 2.02. The summed E-state index contributed by atoms with van der Waals surface area (Å²) in [6, 6.07) is 0. The molecule has 0 saturated carbocycles. The van der Waals surface area contributed by atoms with Crippen LogP contribution in [0.3, 0.4) is 0 Å². The van der Waals surface area contributed by atoms with Crippen molar-refractivity contribution < 1.29 is 9.90 Å². The van der Waals surface area contributed by atoms with Crippen LogP contribution in [0.25, 0.3) is 0 Å². The molecule has 0 rings (SSSR count). The first-order chi connectivity index (χ1) is 5.20. The number of nitrogens with zero attached hydrogens (tertiary/aromatic N) is 1. The van der Waals surface area contributed by atoms with Crippen molar-refractivity contribution in [3.8, 4) is 0 Å². The highest BCUT2D eigenvalue weighted by molar-refractivity contribution is 6.63. The van der Waals surface area contributed by atoms with Gasteiger partial charge in [0.25, 0.3) is 0 Å². The van der Waals surface area contributed by atoms with Crippen molar-refractivity contribution in [2.75, 3.05) is 26.2 Å². The summed E-state index contributed by atoms with van der Waals surface area (Å²) in [5.41, 5.74) is 0. The second kappa shape index (κ2) is 6.58. The van der Waals surface area contributed by atoms with Crippen LogP contribution < -0.4 is 0 Å².